The van der Waals surface area contributed by atoms with Gasteiger partial charge < -0.3 is 14.9 Å². The second kappa shape index (κ2) is 6.75. The van der Waals surface area contributed by atoms with Crippen molar-refractivity contribution in [3.05, 3.63) is 24.3 Å². The van der Waals surface area contributed by atoms with Crippen molar-refractivity contribution in [2.75, 3.05) is 18.1 Å². The number of phenols is 1. The number of carboxylic acid groups (broad SMARTS) is 1. The molecule has 0 heterocycles. The van der Waals surface area contributed by atoms with Crippen LogP contribution < -0.4 is 4.90 Å². The minimum absolute atomic E-state index is 0.0462. The van der Waals surface area contributed by atoms with Gasteiger partial charge in [0.15, 0.2) is 0 Å². The Bertz CT molecular complexity index is 441. The molecule has 6 nitrogen and oxygen atoms in total. The van der Waals surface area contributed by atoms with E-state index >= 15 is 0 Å². The van der Waals surface area contributed by atoms with Crippen LogP contribution in [0.4, 0.5) is 5.69 Å². The average molecular weight is 267 g/mol. The second-order valence-electron chi connectivity index (χ2n) is 4.25. The molecule has 2 N–H and O–H groups in total. The first-order valence-electron chi connectivity index (χ1n) is 5.83. The van der Waals surface area contributed by atoms with Crippen LogP contribution in [0.5, 0.6) is 5.75 Å². The number of benzene rings is 1. The van der Waals surface area contributed by atoms with Crippen molar-refractivity contribution in [1.29, 1.82) is 0 Å². The van der Waals surface area contributed by atoms with Crippen molar-refractivity contribution in [1.82, 2.24) is 0 Å². The summed E-state index contributed by atoms with van der Waals surface area (Å²) >= 11 is 0. The van der Waals surface area contributed by atoms with E-state index in [0.717, 1.165) is 4.90 Å². The molecule has 1 rings (SSSR count). The summed E-state index contributed by atoms with van der Waals surface area (Å²) in [5.74, 6) is -1.52. The SMILES string of the molecule is CC(C)OCC(=O)N(CC(=O)O)c1ccc(O)cc1. The summed E-state index contributed by atoms with van der Waals surface area (Å²) in [7, 11) is 0. The molecule has 0 aliphatic heterocycles. The lowest BCUT2D eigenvalue weighted by atomic mass is 10.2. The number of anilines is 1. The second-order valence-corrected chi connectivity index (χ2v) is 4.25. The lowest BCUT2D eigenvalue weighted by molar-refractivity contribution is -0.137. The fourth-order valence-corrected chi connectivity index (χ4v) is 1.41. The molecular formula is C13H17NO5. The maximum absolute atomic E-state index is 11.9. The Morgan fingerprint density at radius 2 is 1.84 bits per heavy atom. The topological polar surface area (TPSA) is 87.1 Å². The van der Waals surface area contributed by atoms with Gasteiger partial charge in [-0.3, -0.25) is 14.5 Å². The van der Waals surface area contributed by atoms with Crippen LogP contribution in [0, 0.1) is 0 Å². The third kappa shape index (κ3) is 4.97. The number of hydrogen-bond acceptors (Lipinski definition) is 4. The van der Waals surface area contributed by atoms with Gasteiger partial charge in [0, 0.05) is 5.69 Å². The molecule has 0 unspecified atom stereocenters. The van der Waals surface area contributed by atoms with Crippen LogP contribution in [0.3, 0.4) is 0 Å². The number of aliphatic carboxylic acids is 1. The van der Waals surface area contributed by atoms with Gasteiger partial charge in [-0.05, 0) is 38.1 Å². The molecule has 0 spiro atoms. The average Bonchev–Trinajstić information content (AvgIpc) is 2.34. The van der Waals surface area contributed by atoms with Crippen LogP contribution >= 0.6 is 0 Å². The summed E-state index contributed by atoms with van der Waals surface area (Å²) in [5.41, 5.74) is 0.401. The van der Waals surface area contributed by atoms with E-state index in [9.17, 15) is 14.7 Å². The zero-order valence-corrected chi connectivity index (χ0v) is 10.9. The zero-order chi connectivity index (χ0) is 14.4. The summed E-state index contributed by atoms with van der Waals surface area (Å²) in [6.45, 7) is 2.93. The van der Waals surface area contributed by atoms with E-state index in [4.69, 9.17) is 9.84 Å². The Morgan fingerprint density at radius 1 is 1.26 bits per heavy atom. The van der Waals surface area contributed by atoms with Crippen molar-refractivity contribution < 1.29 is 24.5 Å². The van der Waals surface area contributed by atoms with E-state index in [1.54, 1.807) is 13.8 Å². The largest absolute Gasteiger partial charge is 0.508 e. The monoisotopic (exact) mass is 267 g/mol. The number of rotatable bonds is 6. The molecular weight excluding hydrogens is 250 g/mol. The summed E-state index contributed by atoms with van der Waals surface area (Å²) in [4.78, 5) is 23.9. The minimum atomic E-state index is -1.12. The van der Waals surface area contributed by atoms with Crippen LogP contribution in [-0.2, 0) is 14.3 Å². The molecule has 1 aromatic carbocycles. The highest BCUT2D eigenvalue weighted by Gasteiger charge is 2.19. The number of ether oxygens (including phenoxy) is 1. The van der Waals surface area contributed by atoms with Crippen molar-refractivity contribution in [2.24, 2.45) is 0 Å². The van der Waals surface area contributed by atoms with Gasteiger partial charge in [-0.25, -0.2) is 0 Å². The van der Waals surface area contributed by atoms with Crippen LogP contribution in [0.15, 0.2) is 24.3 Å². The molecule has 1 aromatic rings. The van der Waals surface area contributed by atoms with Gasteiger partial charge in [0.05, 0.1) is 6.10 Å². The van der Waals surface area contributed by atoms with Gasteiger partial charge in [0.25, 0.3) is 5.91 Å². The van der Waals surface area contributed by atoms with E-state index in [-0.39, 0.29) is 18.5 Å². The number of amides is 1. The van der Waals surface area contributed by atoms with Crippen LogP contribution in [0.2, 0.25) is 0 Å². The van der Waals surface area contributed by atoms with Gasteiger partial charge >= 0.3 is 5.97 Å². The highest BCUT2D eigenvalue weighted by molar-refractivity contribution is 5.98. The molecule has 104 valence electrons. The Kier molecular flexibility index (Phi) is 5.32. The van der Waals surface area contributed by atoms with Crippen molar-refractivity contribution >= 4 is 17.6 Å². The Hall–Kier alpha value is -2.08. The van der Waals surface area contributed by atoms with Gasteiger partial charge in [0.2, 0.25) is 0 Å². The molecule has 0 radical (unpaired) electrons. The highest BCUT2D eigenvalue weighted by atomic mass is 16.5. The van der Waals surface area contributed by atoms with Crippen molar-refractivity contribution in [3.8, 4) is 5.75 Å². The Labute approximate surface area is 111 Å². The quantitative estimate of drug-likeness (QED) is 0.809. The number of hydrogen-bond donors (Lipinski definition) is 2. The molecule has 0 aromatic heterocycles. The third-order valence-electron chi connectivity index (χ3n) is 2.30. The molecule has 0 fully saturated rings. The van der Waals surface area contributed by atoms with Crippen molar-refractivity contribution in [3.63, 3.8) is 0 Å². The number of carbonyl (C=O) groups is 2. The minimum Gasteiger partial charge on any atom is -0.508 e. The molecule has 0 saturated heterocycles. The zero-order valence-electron chi connectivity index (χ0n) is 10.9. The molecule has 0 aliphatic carbocycles. The molecule has 6 heteroatoms. The van der Waals surface area contributed by atoms with E-state index < -0.39 is 18.4 Å². The molecule has 0 saturated carbocycles. The summed E-state index contributed by atoms with van der Waals surface area (Å²) in [6, 6.07) is 5.73. The van der Waals surface area contributed by atoms with Crippen molar-refractivity contribution in [2.45, 2.75) is 20.0 Å². The van der Waals surface area contributed by atoms with E-state index in [0.29, 0.717) is 5.69 Å². The van der Waals surface area contributed by atoms with E-state index in [2.05, 4.69) is 0 Å². The van der Waals surface area contributed by atoms with E-state index in [1.807, 2.05) is 0 Å². The summed E-state index contributed by atoms with van der Waals surface area (Å²) in [6.07, 6.45) is -0.115. The normalized spacial score (nSPS) is 10.5. The maximum Gasteiger partial charge on any atom is 0.323 e. The van der Waals surface area contributed by atoms with Gasteiger partial charge in [-0.15, -0.1) is 0 Å². The smallest absolute Gasteiger partial charge is 0.323 e. The number of carboxylic acids is 1. The van der Waals surface area contributed by atoms with Crippen LogP contribution in [-0.4, -0.2) is 41.3 Å². The van der Waals surface area contributed by atoms with Gasteiger partial charge in [-0.1, -0.05) is 0 Å². The first-order chi connectivity index (χ1) is 8.90. The third-order valence-corrected chi connectivity index (χ3v) is 2.30. The lowest BCUT2D eigenvalue weighted by Crippen LogP contribution is -2.38. The van der Waals surface area contributed by atoms with Gasteiger partial charge in [-0.2, -0.15) is 0 Å². The highest BCUT2D eigenvalue weighted by Crippen LogP contribution is 2.18. The summed E-state index contributed by atoms with van der Waals surface area (Å²) < 4.78 is 5.18. The fraction of sp³-hybridized carbons (Fsp3) is 0.385. The van der Waals surface area contributed by atoms with E-state index in [1.165, 1.54) is 24.3 Å². The number of carbonyl (C=O) groups excluding carboxylic acids is 1. The molecule has 0 aliphatic rings. The Morgan fingerprint density at radius 3 is 2.32 bits per heavy atom. The molecule has 0 atom stereocenters. The fourth-order valence-electron chi connectivity index (χ4n) is 1.41. The molecule has 19 heavy (non-hydrogen) atoms. The van der Waals surface area contributed by atoms with Gasteiger partial charge in [0.1, 0.15) is 18.9 Å². The first-order valence-corrected chi connectivity index (χ1v) is 5.83. The predicted molar refractivity (Wildman–Crippen MR) is 69.2 cm³/mol. The standard InChI is InChI=1S/C13H17NO5/c1-9(2)19-8-12(16)14(7-13(17)18)10-3-5-11(15)6-4-10/h3-6,9,15H,7-8H2,1-2H3,(H,17,18). The van der Waals surface area contributed by atoms with Crippen LogP contribution in [0.1, 0.15) is 13.8 Å². The predicted octanol–water partition coefficient (Wildman–Crippen LogP) is 1.23. The van der Waals surface area contributed by atoms with Crippen LogP contribution in [0.25, 0.3) is 0 Å². The number of phenolic OH excluding ortho intramolecular Hbond substituents is 1. The summed E-state index contributed by atoms with van der Waals surface area (Å²) in [5, 5.41) is 18.0. The lowest BCUT2D eigenvalue weighted by Gasteiger charge is -2.21. The number of aromatic hydroxyl groups is 1. The maximum atomic E-state index is 11.9. The first kappa shape index (κ1) is 15.0. The number of nitrogens with zero attached hydrogens (tertiary/aromatic N) is 1. The molecule has 0 bridgehead atoms. The molecule has 1 amide bonds. The Balaban J connectivity index is 2.84.